The Morgan fingerprint density at radius 3 is 0.645 bits per heavy atom. The maximum atomic E-state index is 4.60. The van der Waals surface area contributed by atoms with Crippen LogP contribution < -0.4 is 0 Å². The van der Waals surface area contributed by atoms with Crippen LogP contribution in [0.15, 0.2) is 73.3 Å². The molecule has 4 aromatic rings. The second-order valence-corrected chi connectivity index (χ2v) is 17.7. The zero-order valence-corrected chi connectivity index (χ0v) is 42.7. The van der Waals surface area contributed by atoms with Crippen LogP contribution in [0.3, 0.4) is 0 Å². The van der Waals surface area contributed by atoms with Gasteiger partial charge in [0.25, 0.3) is 0 Å². The Hall–Kier alpha value is -2.40. The molecule has 0 unspecified atom stereocenters. The third kappa shape index (κ3) is 27.7. The zero-order valence-electron chi connectivity index (χ0n) is 40.1. The van der Waals surface area contributed by atoms with Crippen molar-refractivity contribution in [1.82, 2.24) is 19.9 Å². The summed E-state index contributed by atoms with van der Waals surface area (Å²) in [5, 5.41) is 0. The van der Waals surface area contributed by atoms with Crippen LogP contribution >= 0.6 is 17.0 Å². The van der Waals surface area contributed by atoms with Crippen LogP contribution in [0.25, 0.3) is 22.8 Å². The van der Waals surface area contributed by atoms with Crippen molar-refractivity contribution < 1.29 is 17.1 Å². The Labute approximate surface area is 403 Å². The molecule has 0 bridgehead atoms. The van der Waals surface area contributed by atoms with Gasteiger partial charge in [-0.3, -0.25) is 19.9 Å². The number of halogens is 1. The first kappa shape index (κ1) is 57.6. The number of rotatable bonds is 34. The fraction of sp³-hybridized carbons (Fsp3) is 0.643. The van der Waals surface area contributed by atoms with Crippen LogP contribution in [0.1, 0.15) is 230 Å². The van der Waals surface area contributed by atoms with Gasteiger partial charge in [-0.25, -0.2) is 0 Å². The molecule has 1 radical (unpaired) electrons. The van der Waals surface area contributed by atoms with E-state index in [1.54, 1.807) is 0 Å². The standard InChI is InChI=1S/2C28H44N2.BrH.Cu/c2*1-3-5-7-9-11-13-15-17-25-19-21-29-27(23-25)28-24-26(20-22-30-28)18-16-14-12-10-8-6-4-2;;/h2*19-24H,3-18H2,1-2H3;1H;. The third-order valence-corrected chi connectivity index (χ3v) is 12.1. The van der Waals surface area contributed by atoms with Crippen molar-refractivity contribution >= 4 is 17.0 Å². The molecule has 0 spiro atoms. The van der Waals surface area contributed by atoms with Crippen molar-refractivity contribution in [3.05, 3.63) is 95.6 Å². The number of pyridine rings is 4. The summed E-state index contributed by atoms with van der Waals surface area (Å²) in [6, 6.07) is 17.7. The summed E-state index contributed by atoms with van der Waals surface area (Å²) >= 11 is 0. The number of hydrogen-bond donors (Lipinski definition) is 0. The number of hydrogen-bond acceptors (Lipinski definition) is 4. The summed E-state index contributed by atoms with van der Waals surface area (Å²) in [5.41, 5.74) is 9.68. The maximum absolute atomic E-state index is 4.60. The number of unbranched alkanes of at least 4 members (excludes halogenated alkanes) is 24. The Kier molecular flexibility index (Phi) is 37.3. The molecule has 0 atom stereocenters. The summed E-state index contributed by atoms with van der Waals surface area (Å²) in [4.78, 5) is 18.4. The molecule has 4 nitrogen and oxygen atoms in total. The monoisotopic (exact) mass is 960 g/mol. The smallest absolute Gasteiger partial charge is 0.0888 e. The van der Waals surface area contributed by atoms with Crippen molar-refractivity contribution in [2.75, 3.05) is 0 Å². The van der Waals surface area contributed by atoms with E-state index in [-0.39, 0.29) is 34.1 Å². The average Bonchev–Trinajstić information content (AvgIpc) is 3.28. The van der Waals surface area contributed by atoms with Gasteiger partial charge in [-0.2, -0.15) is 0 Å². The molecule has 0 saturated heterocycles. The Balaban J connectivity index is 0.000000601. The summed E-state index contributed by atoms with van der Waals surface area (Å²) in [5.74, 6) is 0. The molecule has 62 heavy (non-hydrogen) atoms. The Morgan fingerprint density at radius 2 is 0.452 bits per heavy atom. The topological polar surface area (TPSA) is 51.6 Å². The fourth-order valence-corrected chi connectivity index (χ4v) is 8.22. The minimum absolute atomic E-state index is 0. The van der Waals surface area contributed by atoms with Gasteiger partial charge in [0.15, 0.2) is 0 Å². The quantitative estimate of drug-likeness (QED) is 0.0346. The minimum atomic E-state index is 0. The molecule has 0 aromatic carbocycles. The van der Waals surface area contributed by atoms with Gasteiger partial charge in [0.1, 0.15) is 0 Å². The SMILES string of the molecule is Br.CCCCCCCCCc1ccnc(-c2cc(CCCCCCCCC)ccn2)c1.CCCCCCCCCc1ccnc(-c2cc(CCCCCCCCC)ccn2)c1.[Cu]. The second-order valence-electron chi connectivity index (χ2n) is 17.7. The molecule has 4 aromatic heterocycles. The van der Waals surface area contributed by atoms with Crippen LogP contribution in [0, 0.1) is 0 Å². The summed E-state index contributed by atoms with van der Waals surface area (Å²) < 4.78 is 0. The molecule has 4 heterocycles. The molecule has 0 N–H and O–H groups in total. The predicted molar refractivity (Wildman–Crippen MR) is 272 cm³/mol. The normalized spacial score (nSPS) is 10.8. The van der Waals surface area contributed by atoms with Crippen molar-refractivity contribution in [3.63, 3.8) is 0 Å². The molecule has 0 aliphatic carbocycles. The largest absolute Gasteiger partial charge is 0.255 e. The Bertz CT molecular complexity index is 1370. The third-order valence-electron chi connectivity index (χ3n) is 12.1. The van der Waals surface area contributed by atoms with Crippen LogP contribution in [0.2, 0.25) is 0 Å². The van der Waals surface area contributed by atoms with E-state index in [4.69, 9.17) is 0 Å². The number of nitrogens with zero attached hydrogens (tertiary/aromatic N) is 4. The van der Waals surface area contributed by atoms with Gasteiger partial charge in [0.2, 0.25) is 0 Å². The van der Waals surface area contributed by atoms with Crippen molar-refractivity contribution in [2.24, 2.45) is 0 Å². The molecule has 0 aliphatic heterocycles. The van der Waals surface area contributed by atoms with E-state index in [0.717, 1.165) is 48.5 Å². The molecule has 351 valence electrons. The molecule has 0 aliphatic rings. The predicted octanol–water partition coefficient (Wildman–Crippen LogP) is 18.0. The molecular formula is C56H89BrCuN4. The van der Waals surface area contributed by atoms with E-state index in [1.165, 1.54) is 202 Å². The van der Waals surface area contributed by atoms with Gasteiger partial charge < -0.3 is 0 Å². The summed E-state index contributed by atoms with van der Waals surface area (Å²) in [6.45, 7) is 9.12. The van der Waals surface area contributed by atoms with Crippen molar-refractivity contribution in [2.45, 2.75) is 233 Å². The molecule has 0 saturated carbocycles. The second kappa shape index (κ2) is 40.1. The van der Waals surface area contributed by atoms with E-state index in [2.05, 4.69) is 96.2 Å². The van der Waals surface area contributed by atoms with Crippen molar-refractivity contribution in [1.29, 1.82) is 0 Å². The first-order valence-corrected chi connectivity index (χ1v) is 25.5. The van der Waals surface area contributed by atoms with Gasteiger partial charge in [0.05, 0.1) is 22.8 Å². The van der Waals surface area contributed by atoms with E-state index in [9.17, 15) is 0 Å². The van der Waals surface area contributed by atoms with Gasteiger partial charge in [-0.05, 0) is 122 Å². The summed E-state index contributed by atoms with van der Waals surface area (Å²) in [7, 11) is 0. The van der Waals surface area contributed by atoms with Crippen LogP contribution in [-0.4, -0.2) is 19.9 Å². The van der Waals surface area contributed by atoms with E-state index >= 15 is 0 Å². The molecule has 0 fully saturated rings. The fourth-order valence-electron chi connectivity index (χ4n) is 8.22. The molecule has 0 amide bonds. The van der Waals surface area contributed by atoms with Gasteiger partial charge in [-0.15, -0.1) is 17.0 Å². The van der Waals surface area contributed by atoms with Crippen LogP contribution in [-0.2, 0) is 42.8 Å². The van der Waals surface area contributed by atoms with Gasteiger partial charge in [0, 0.05) is 41.9 Å². The van der Waals surface area contributed by atoms with E-state index < -0.39 is 0 Å². The first-order chi connectivity index (χ1) is 29.7. The number of aryl methyl sites for hydroxylation is 4. The maximum Gasteiger partial charge on any atom is 0.0888 e. The molecule has 4 rings (SSSR count). The Morgan fingerprint density at radius 1 is 0.274 bits per heavy atom. The average molecular weight is 962 g/mol. The summed E-state index contributed by atoms with van der Waals surface area (Å²) in [6.07, 6.45) is 50.4. The minimum Gasteiger partial charge on any atom is -0.255 e. The van der Waals surface area contributed by atoms with Crippen LogP contribution in [0.4, 0.5) is 0 Å². The zero-order chi connectivity index (χ0) is 42.6. The van der Waals surface area contributed by atoms with E-state index in [1.807, 2.05) is 24.8 Å². The molecular weight excluding hydrogens is 872 g/mol. The van der Waals surface area contributed by atoms with Crippen molar-refractivity contribution in [3.8, 4) is 22.8 Å². The first-order valence-electron chi connectivity index (χ1n) is 25.5. The van der Waals surface area contributed by atoms with Gasteiger partial charge >= 0.3 is 0 Å². The van der Waals surface area contributed by atoms with E-state index in [0.29, 0.717) is 0 Å². The van der Waals surface area contributed by atoms with Crippen LogP contribution in [0.5, 0.6) is 0 Å². The van der Waals surface area contributed by atoms with Gasteiger partial charge in [-0.1, -0.05) is 182 Å². The number of aromatic nitrogens is 4. The molecule has 6 heteroatoms.